The molecule has 3 aromatic rings. The lowest BCUT2D eigenvalue weighted by Gasteiger charge is -2.18. The first-order valence-electron chi connectivity index (χ1n) is 8.40. The van der Waals surface area contributed by atoms with E-state index in [-0.39, 0.29) is 24.8 Å². The minimum atomic E-state index is -0.422. The van der Waals surface area contributed by atoms with Crippen molar-refractivity contribution in [3.63, 3.8) is 0 Å². The van der Waals surface area contributed by atoms with E-state index in [9.17, 15) is 14.4 Å². The van der Waals surface area contributed by atoms with Gasteiger partial charge in [0.25, 0.3) is 5.91 Å². The minimum Gasteiger partial charge on any atom is -0.482 e. The van der Waals surface area contributed by atoms with Gasteiger partial charge in [-0.1, -0.05) is 12.1 Å². The molecule has 0 aliphatic carbocycles. The van der Waals surface area contributed by atoms with Gasteiger partial charge in [-0.3, -0.25) is 14.2 Å². The van der Waals surface area contributed by atoms with Crippen molar-refractivity contribution < 1.29 is 18.7 Å². The number of hydrogen-bond acceptors (Lipinski definition) is 5. The first-order valence-corrected chi connectivity index (χ1v) is 8.40. The molecule has 8 heteroatoms. The molecule has 138 valence electrons. The molecule has 1 aliphatic heterocycles. The fourth-order valence-electron chi connectivity index (χ4n) is 2.97. The second kappa shape index (κ2) is 6.64. The number of anilines is 1. The van der Waals surface area contributed by atoms with E-state index in [1.165, 1.54) is 4.57 Å². The molecule has 0 saturated carbocycles. The summed E-state index contributed by atoms with van der Waals surface area (Å²) in [6, 6.07) is 10.6. The minimum absolute atomic E-state index is 0.000559. The van der Waals surface area contributed by atoms with Gasteiger partial charge in [-0.25, -0.2) is 4.79 Å². The molecule has 1 aliphatic rings. The van der Waals surface area contributed by atoms with Crippen molar-refractivity contribution in [2.75, 3.05) is 11.9 Å². The van der Waals surface area contributed by atoms with Crippen LogP contribution in [-0.4, -0.2) is 23.0 Å². The number of nitrogens with one attached hydrogen (secondary N) is 2. The zero-order valence-corrected chi connectivity index (χ0v) is 14.6. The van der Waals surface area contributed by atoms with Crippen LogP contribution in [0, 0.1) is 0 Å². The molecule has 2 aromatic carbocycles. The summed E-state index contributed by atoms with van der Waals surface area (Å²) in [6.07, 6.45) is 0.176. The summed E-state index contributed by atoms with van der Waals surface area (Å²) in [6.45, 7) is 0.332. The van der Waals surface area contributed by atoms with Crippen molar-refractivity contribution in [1.29, 1.82) is 0 Å². The molecule has 0 saturated heterocycles. The Kier molecular flexibility index (Phi) is 4.15. The second-order valence-corrected chi connectivity index (χ2v) is 6.35. The van der Waals surface area contributed by atoms with Gasteiger partial charge in [0.05, 0.1) is 17.6 Å². The van der Waals surface area contributed by atoms with E-state index < -0.39 is 5.76 Å². The van der Waals surface area contributed by atoms with E-state index in [1.807, 2.05) is 6.07 Å². The highest BCUT2D eigenvalue weighted by molar-refractivity contribution is 5.95. The van der Waals surface area contributed by atoms with Crippen molar-refractivity contribution in [1.82, 2.24) is 9.88 Å². The molecule has 8 nitrogen and oxygen atoms in total. The van der Waals surface area contributed by atoms with E-state index in [0.29, 0.717) is 29.1 Å². The molecule has 27 heavy (non-hydrogen) atoms. The van der Waals surface area contributed by atoms with Crippen LogP contribution in [-0.2, 0) is 29.6 Å². The first kappa shape index (κ1) is 16.9. The van der Waals surface area contributed by atoms with Crippen molar-refractivity contribution >= 4 is 28.6 Å². The SMILES string of the molecule is Cn1c(=O)oc2ccc(CNC(=O)Cc3ccc4c(c3)NC(=O)CO4)cc21. The van der Waals surface area contributed by atoms with Gasteiger partial charge >= 0.3 is 5.76 Å². The summed E-state index contributed by atoms with van der Waals surface area (Å²) in [4.78, 5) is 35.2. The fraction of sp³-hybridized carbons (Fsp3) is 0.211. The van der Waals surface area contributed by atoms with Gasteiger partial charge in [0.15, 0.2) is 12.2 Å². The molecule has 0 fully saturated rings. The van der Waals surface area contributed by atoms with E-state index in [1.54, 1.807) is 37.4 Å². The van der Waals surface area contributed by atoms with Crippen LogP contribution < -0.4 is 21.1 Å². The fourth-order valence-corrected chi connectivity index (χ4v) is 2.97. The molecular formula is C19H17N3O5. The summed E-state index contributed by atoms with van der Waals surface area (Å²) >= 11 is 0. The highest BCUT2D eigenvalue weighted by Crippen LogP contribution is 2.28. The predicted octanol–water partition coefficient (Wildman–Crippen LogP) is 1.32. The summed E-state index contributed by atoms with van der Waals surface area (Å²) in [5.74, 6) is -0.195. The van der Waals surface area contributed by atoms with Gasteiger partial charge in [-0.05, 0) is 35.4 Å². The Morgan fingerprint density at radius 1 is 1.19 bits per heavy atom. The zero-order valence-electron chi connectivity index (χ0n) is 14.6. The lowest BCUT2D eigenvalue weighted by molar-refractivity contribution is -0.120. The molecule has 0 unspecified atom stereocenters. The second-order valence-electron chi connectivity index (χ2n) is 6.35. The Hall–Kier alpha value is -3.55. The number of aryl methyl sites for hydroxylation is 1. The number of oxazole rings is 1. The number of ether oxygens (including phenoxy) is 1. The van der Waals surface area contributed by atoms with Crippen molar-refractivity contribution in [2.45, 2.75) is 13.0 Å². The average molecular weight is 367 g/mol. The standard InChI is InChI=1S/C19H17N3O5/c1-22-14-7-12(3-5-16(14)27-19(22)25)9-20-17(23)8-11-2-4-15-13(6-11)21-18(24)10-26-15/h2-7H,8-10H2,1H3,(H,20,23)(H,21,24). The predicted molar refractivity (Wildman–Crippen MR) is 97.6 cm³/mol. The summed E-state index contributed by atoms with van der Waals surface area (Å²) in [7, 11) is 1.63. The molecule has 2 N–H and O–H groups in total. The zero-order chi connectivity index (χ0) is 19.0. The Morgan fingerprint density at radius 3 is 2.85 bits per heavy atom. The van der Waals surface area contributed by atoms with Crippen molar-refractivity contribution in [2.24, 2.45) is 7.05 Å². The van der Waals surface area contributed by atoms with E-state index in [0.717, 1.165) is 11.1 Å². The highest BCUT2D eigenvalue weighted by Gasteiger charge is 2.16. The van der Waals surface area contributed by atoms with E-state index >= 15 is 0 Å². The molecule has 4 rings (SSSR count). The summed E-state index contributed by atoms with van der Waals surface area (Å²) < 4.78 is 11.8. The Balaban J connectivity index is 1.41. The van der Waals surface area contributed by atoms with Crippen molar-refractivity contribution in [3.05, 3.63) is 58.1 Å². The van der Waals surface area contributed by atoms with Crippen LogP contribution in [0.5, 0.6) is 5.75 Å². The van der Waals surface area contributed by atoms with Crippen LogP contribution in [0.4, 0.5) is 5.69 Å². The first-order chi connectivity index (χ1) is 13.0. The lowest BCUT2D eigenvalue weighted by Crippen LogP contribution is -2.26. The summed E-state index contributed by atoms with van der Waals surface area (Å²) in [5.41, 5.74) is 3.39. The molecule has 2 amide bonds. The number of fused-ring (bicyclic) bond motifs is 2. The molecule has 1 aromatic heterocycles. The number of amides is 2. The third kappa shape index (κ3) is 3.41. The number of benzene rings is 2. The van der Waals surface area contributed by atoms with Gasteiger partial charge < -0.3 is 19.8 Å². The van der Waals surface area contributed by atoms with Crippen LogP contribution in [0.25, 0.3) is 11.1 Å². The Bertz CT molecular complexity index is 1110. The monoisotopic (exact) mass is 367 g/mol. The largest absolute Gasteiger partial charge is 0.482 e. The molecule has 0 radical (unpaired) electrons. The number of hydrogen-bond donors (Lipinski definition) is 2. The van der Waals surface area contributed by atoms with Gasteiger partial charge in [-0.2, -0.15) is 0 Å². The highest BCUT2D eigenvalue weighted by atomic mass is 16.5. The maximum atomic E-state index is 12.2. The van der Waals surface area contributed by atoms with Crippen LogP contribution in [0.1, 0.15) is 11.1 Å². The van der Waals surface area contributed by atoms with Crippen molar-refractivity contribution in [3.8, 4) is 5.75 Å². The molecule has 0 bridgehead atoms. The van der Waals surface area contributed by atoms with Crippen LogP contribution in [0.15, 0.2) is 45.6 Å². The van der Waals surface area contributed by atoms with Crippen LogP contribution in [0.2, 0.25) is 0 Å². The van der Waals surface area contributed by atoms with Gasteiger partial charge in [0.1, 0.15) is 5.75 Å². The smallest absolute Gasteiger partial charge is 0.419 e. The quantitative estimate of drug-likeness (QED) is 0.724. The van der Waals surface area contributed by atoms with Gasteiger partial charge in [0, 0.05) is 13.6 Å². The molecule has 2 heterocycles. The normalized spacial score (nSPS) is 13.0. The molecular weight excluding hydrogens is 350 g/mol. The number of rotatable bonds is 4. The molecule has 0 atom stereocenters. The van der Waals surface area contributed by atoms with E-state index in [2.05, 4.69) is 10.6 Å². The number of carbonyl (C=O) groups excluding carboxylic acids is 2. The lowest BCUT2D eigenvalue weighted by atomic mass is 10.1. The average Bonchev–Trinajstić information content (AvgIpc) is 2.93. The maximum absolute atomic E-state index is 12.2. The Labute approximate surface area is 153 Å². The van der Waals surface area contributed by atoms with Gasteiger partial charge in [0.2, 0.25) is 5.91 Å². The number of nitrogens with zero attached hydrogens (tertiary/aromatic N) is 1. The van der Waals surface area contributed by atoms with Crippen LogP contribution in [0.3, 0.4) is 0 Å². The molecule has 0 spiro atoms. The Morgan fingerprint density at radius 2 is 2.00 bits per heavy atom. The topological polar surface area (TPSA) is 103 Å². The number of aromatic nitrogens is 1. The van der Waals surface area contributed by atoms with Crippen LogP contribution >= 0.6 is 0 Å². The summed E-state index contributed by atoms with van der Waals surface area (Å²) in [5, 5.41) is 5.57. The third-order valence-corrected chi connectivity index (χ3v) is 4.39. The van der Waals surface area contributed by atoms with Gasteiger partial charge in [-0.15, -0.1) is 0 Å². The van der Waals surface area contributed by atoms with E-state index in [4.69, 9.17) is 9.15 Å². The third-order valence-electron chi connectivity index (χ3n) is 4.39. The maximum Gasteiger partial charge on any atom is 0.419 e. The number of carbonyl (C=O) groups is 2.